The van der Waals surface area contributed by atoms with Crippen molar-refractivity contribution >= 4 is 11.8 Å². The predicted molar refractivity (Wildman–Crippen MR) is 87.5 cm³/mol. The molecular formula is C17H26N4O2. The van der Waals surface area contributed by atoms with Crippen LogP contribution in [-0.4, -0.2) is 40.4 Å². The van der Waals surface area contributed by atoms with Gasteiger partial charge in [0, 0.05) is 6.04 Å². The highest BCUT2D eigenvalue weighted by atomic mass is 16.2. The number of nitrogens with zero attached hydrogens (tertiary/aromatic N) is 2. The van der Waals surface area contributed by atoms with Crippen LogP contribution in [0, 0.1) is 11.3 Å². The van der Waals surface area contributed by atoms with Crippen LogP contribution in [0.5, 0.6) is 0 Å². The zero-order valence-corrected chi connectivity index (χ0v) is 14.7. The number of hydrogen-bond donors (Lipinski definition) is 2. The molecule has 3 aliphatic rings. The summed E-state index contributed by atoms with van der Waals surface area (Å²) < 4.78 is 8.33. The first-order valence-corrected chi connectivity index (χ1v) is 8.19. The van der Waals surface area contributed by atoms with E-state index in [9.17, 15) is 9.59 Å². The smallest absolute Gasteiger partial charge is 0.274 e. The highest BCUT2D eigenvalue weighted by Crippen LogP contribution is 2.33. The molecule has 3 aliphatic heterocycles. The molecule has 2 N–H and O–H groups in total. The summed E-state index contributed by atoms with van der Waals surface area (Å²) in [6.07, 6.45) is 1.86. The van der Waals surface area contributed by atoms with Crippen LogP contribution in [0.25, 0.3) is 0 Å². The summed E-state index contributed by atoms with van der Waals surface area (Å²) in [5.74, 6) is 0.419. The van der Waals surface area contributed by atoms with E-state index in [1.165, 1.54) is 10.4 Å². The van der Waals surface area contributed by atoms with Crippen LogP contribution in [0.1, 0.15) is 41.5 Å². The molecule has 23 heavy (non-hydrogen) atoms. The molecular weight excluding hydrogens is 292 g/mol. The number of rotatable bonds is 2. The van der Waals surface area contributed by atoms with Gasteiger partial charge < -0.3 is 10.2 Å². The average Bonchev–Trinajstić information content (AvgIpc) is 2.97. The molecule has 126 valence electrons. The van der Waals surface area contributed by atoms with E-state index in [0.717, 1.165) is 0 Å². The second kappa shape index (κ2) is 5.09. The minimum Gasteiger partial charge on any atom is -0.336 e. The van der Waals surface area contributed by atoms with Gasteiger partial charge in [0.1, 0.15) is 12.9 Å². The monoisotopic (exact) mass is 319 g/mol. The van der Waals surface area contributed by atoms with Crippen LogP contribution in [0.3, 0.4) is 0 Å². The Morgan fingerprint density at radius 3 is 2.48 bits per heavy atom. The number of hydrogen-bond acceptors (Lipinski definition) is 4. The van der Waals surface area contributed by atoms with E-state index >= 15 is 0 Å². The number of amides is 2. The van der Waals surface area contributed by atoms with Gasteiger partial charge in [-0.25, -0.2) is 10.4 Å². The van der Waals surface area contributed by atoms with Crippen LogP contribution < -0.4 is 10.7 Å². The quantitative estimate of drug-likeness (QED) is 0.806. The molecule has 6 heteroatoms. The molecule has 0 aromatic rings. The third-order valence-electron chi connectivity index (χ3n) is 4.94. The van der Waals surface area contributed by atoms with Gasteiger partial charge in [-0.15, -0.1) is 0 Å². The fourth-order valence-corrected chi connectivity index (χ4v) is 2.96. The lowest BCUT2D eigenvalue weighted by atomic mass is 9.87. The molecule has 1 unspecified atom stereocenters. The molecule has 2 amide bonds. The maximum absolute atomic E-state index is 12.9. The molecule has 3 rings (SSSR count). The molecule has 0 radical (unpaired) electrons. The molecule has 0 aliphatic carbocycles. The first-order chi connectivity index (χ1) is 11.0. The Balaban J connectivity index is 1.91. The zero-order valence-electron chi connectivity index (χ0n) is 15.7. The van der Waals surface area contributed by atoms with Gasteiger partial charge in [-0.1, -0.05) is 34.6 Å². The molecule has 0 fully saturated rings. The topological polar surface area (TPSA) is 64.7 Å². The largest absolute Gasteiger partial charge is 0.336 e. The van der Waals surface area contributed by atoms with Crippen molar-refractivity contribution < 1.29 is 11.0 Å². The Morgan fingerprint density at radius 2 is 1.91 bits per heavy atom. The van der Waals surface area contributed by atoms with Gasteiger partial charge in [0.05, 0.1) is 18.2 Å². The lowest BCUT2D eigenvalue weighted by Crippen LogP contribution is -2.50. The summed E-state index contributed by atoms with van der Waals surface area (Å²) in [5, 5.41) is 4.45. The Morgan fingerprint density at radius 1 is 1.26 bits per heavy atom. The van der Waals surface area contributed by atoms with Gasteiger partial charge >= 0.3 is 0 Å². The molecule has 0 saturated heterocycles. The third kappa shape index (κ3) is 2.45. The summed E-state index contributed by atoms with van der Waals surface area (Å²) >= 11 is 0. The van der Waals surface area contributed by atoms with E-state index in [0.29, 0.717) is 29.6 Å². The van der Waals surface area contributed by atoms with Crippen molar-refractivity contribution in [3.8, 4) is 0 Å². The molecule has 0 spiro atoms. The number of fused-ring (bicyclic) bond motifs is 1. The van der Waals surface area contributed by atoms with Gasteiger partial charge in [-0.2, -0.15) is 0 Å². The molecule has 0 bridgehead atoms. The number of nitrogens with one attached hydrogen (secondary N) is 2. The van der Waals surface area contributed by atoms with E-state index in [1.807, 2.05) is 33.8 Å². The Hall–Kier alpha value is -1.82. The minimum absolute atomic E-state index is 0.0518. The Bertz CT molecular complexity index is 662. The number of hydrazine groups is 1. The lowest BCUT2D eigenvalue weighted by Gasteiger charge is -2.30. The van der Waals surface area contributed by atoms with Gasteiger partial charge in [0.2, 0.25) is 0 Å². The van der Waals surface area contributed by atoms with Crippen LogP contribution in [-0.2, 0) is 9.59 Å². The van der Waals surface area contributed by atoms with Gasteiger partial charge in [-0.05, 0) is 24.3 Å². The molecule has 0 saturated carbocycles. The SMILES string of the molecule is [2H]N1C(C(C)(C)C)C=C2NC3=C(CN([C@@H](C)C(C)C)C3=O)C(=O)N21. The third-order valence-corrected chi connectivity index (χ3v) is 4.94. The van der Waals surface area contributed by atoms with E-state index in [-0.39, 0.29) is 29.3 Å². The number of carbonyl (C=O) groups excluding carboxylic acids is 2. The van der Waals surface area contributed by atoms with Crippen LogP contribution in [0.15, 0.2) is 23.2 Å². The highest BCUT2D eigenvalue weighted by Gasteiger charge is 2.46. The van der Waals surface area contributed by atoms with Gasteiger partial charge in [0.15, 0.2) is 0 Å². The summed E-state index contributed by atoms with van der Waals surface area (Å²) in [7, 11) is 0. The standard InChI is InChI=1S/C17H26N4O2/c1-9(2)10(3)20-8-11-14(16(20)23)18-13-7-12(17(4,5)6)19-21(13)15(11)22/h7,9-10,12,18-19H,8H2,1-6H3/t10-,12?/m0/s1/i/hD. The maximum atomic E-state index is 12.9. The van der Waals surface area contributed by atoms with Crippen molar-refractivity contribution in [3.63, 3.8) is 0 Å². The van der Waals surface area contributed by atoms with E-state index in [1.54, 1.807) is 4.90 Å². The second-order valence-corrected chi connectivity index (χ2v) is 7.99. The zero-order chi connectivity index (χ0) is 18.0. The molecule has 6 nitrogen and oxygen atoms in total. The Labute approximate surface area is 139 Å². The maximum Gasteiger partial charge on any atom is 0.274 e. The normalized spacial score (nSPS) is 27.2. The lowest BCUT2D eigenvalue weighted by molar-refractivity contribution is -0.129. The second-order valence-electron chi connectivity index (χ2n) is 7.99. The fourth-order valence-electron chi connectivity index (χ4n) is 2.96. The highest BCUT2D eigenvalue weighted by molar-refractivity contribution is 6.10. The Kier molecular flexibility index (Phi) is 3.27. The summed E-state index contributed by atoms with van der Waals surface area (Å²) in [5.41, 5.74) is 1.85. The molecule has 0 aromatic heterocycles. The van der Waals surface area contributed by atoms with Crippen molar-refractivity contribution in [1.82, 2.24) is 20.6 Å². The summed E-state index contributed by atoms with van der Waals surface area (Å²) in [6.45, 7) is 12.5. The number of carbonyl (C=O) groups is 2. The van der Waals surface area contributed by atoms with Gasteiger partial charge in [-0.3, -0.25) is 9.59 Å². The first kappa shape index (κ1) is 14.8. The van der Waals surface area contributed by atoms with Crippen LogP contribution >= 0.6 is 0 Å². The van der Waals surface area contributed by atoms with Crippen molar-refractivity contribution in [1.29, 1.82) is 0 Å². The van der Waals surface area contributed by atoms with Gasteiger partial charge in [0.25, 0.3) is 11.8 Å². The molecule has 3 heterocycles. The summed E-state index contributed by atoms with van der Waals surface area (Å²) in [6, 6.07) is -0.180. The van der Waals surface area contributed by atoms with E-state index < -0.39 is 0 Å². The van der Waals surface area contributed by atoms with Crippen molar-refractivity contribution in [2.45, 2.75) is 53.6 Å². The first-order valence-electron chi connectivity index (χ1n) is 8.64. The summed E-state index contributed by atoms with van der Waals surface area (Å²) in [4.78, 5) is 27.4. The molecule has 2 atom stereocenters. The van der Waals surface area contributed by atoms with Crippen molar-refractivity contribution in [2.24, 2.45) is 11.3 Å². The average molecular weight is 319 g/mol. The van der Waals surface area contributed by atoms with Crippen LogP contribution in [0.2, 0.25) is 1.41 Å². The minimum atomic E-state index is -0.274. The fraction of sp³-hybridized carbons (Fsp3) is 0.647. The van der Waals surface area contributed by atoms with Crippen molar-refractivity contribution in [3.05, 3.63) is 23.2 Å². The molecule has 0 aromatic carbocycles. The van der Waals surface area contributed by atoms with E-state index in [2.05, 4.69) is 19.2 Å². The van der Waals surface area contributed by atoms with E-state index in [4.69, 9.17) is 1.41 Å². The van der Waals surface area contributed by atoms with Crippen LogP contribution in [0.4, 0.5) is 0 Å². The predicted octanol–water partition coefficient (Wildman–Crippen LogP) is 1.33. The van der Waals surface area contributed by atoms with Crippen molar-refractivity contribution in [2.75, 3.05) is 6.54 Å².